The van der Waals surface area contributed by atoms with Crippen molar-refractivity contribution in [1.29, 1.82) is 0 Å². The van der Waals surface area contributed by atoms with Gasteiger partial charge in [-0.15, -0.1) is 11.6 Å². The molecular formula is C6H9ClO3. The summed E-state index contributed by atoms with van der Waals surface area (Å²) >= 11 is 5.10. The highest BCUT2D eigenvalue weighted by Crippen LogP contribution is 1.83. The Balaban J connectivity index is 3.52. The Morgan fingerprint density at radius 2 is 2.00 bits per heavy atom. The quantitative estimate of drug-likeness (QED) is 0.437. The van der Waals surface area contributed by atoms with E-state index in [1.165, 1.54) is 0 Å². The lowest BCUT2D eigenvalue weighted by Crippen LogP contribution is -2.20. The van der Waals surface area contributed by atoms with E-state index in [-0.39, 0.29) is 12.5 Å². The molecule has 0 atom stereocenters. The summed E-state index contributed by atoms with van der Waals surface area (Å²) in [6, 6.07) is 0. The van der Waals surface area contributed by atoms with E-state index in [2.05, 4.69) is 4.74 Å². The summed E-state index contributed by atoms with van der Waals surface area (Å²) in [5.41, 5.74) is 0. The third-order valence-electron chi connectivity index (χ3n) is 0.870. The van der Waals surface area contributed by atoms with E-state index >= 15 is 0 Å². The Morgan fingerprint density at radius 3 is 2.40 bits per heavy atom. The van der Waals surface area contributed by atoms with Crippen molar-refractivity contribution < 1.29 is 14.3 Å². The number of ether oxygens (including phenoxy) is 1. The molecule has 0 aromatic carbocycles. The third kappa shape index (κ3) is 3.58. The van der Waals surface area contributed by atoms with E-state index in [0.29, 0.717) is 6.61 Å². The molecule has 0 saturated carbocycles. The molecule has 0 aliphatic carbocycles. The van der Waals surface area contributed by atoms with E-state index in [9.17, 15) is 9.59 Å². The second-order valence-electron chi connectivity index (χ2n) is 1.62. The maximum atomic E-state index is 10.6. The maximum absolute atomic E-state index is 10.6. The molecule has 0 fully saturated rings. The Hall–Kier alpha value is -0.410. The van der Waals surface area contributed by atoms with Crippen molar-refractivity contribution in [2.24, 2.45) is 0 Å². The van der Waals surface area contributed by atoms with Crippen LogP contribution in [0.1, 0.15) is 6.92 Å². The van der Waals surface area contributed by atoms with Gasteiger partial charge in [-0.3, -0.25) is 9.59 Å². The fraction of sp³-hybridized carbons (Fsp3) is 0.667. The van der Waals surface area contributed by atoms with Gasteiger partial charge in [-0.2, -0.15) is 0 Å². The molecule has 3 nitrogen and oxygen atoms in total. The number of ketones is 2. The standard InChI is InChI=1S/C6H9ClO3/c1-2-10-4-6(9)5(8)3-7/h2-4H2,1H3. The highest BCUT2D eigenvalue weighted by atomic mass is 35.5. The normalized spacial score (nSPS) is 9.40. The van der Waals surface area contributed by atoms with Crippen LogP contribution in [0.3, 0.4) is 0 Å². The molecule has 0 N–H and O–H groups in total. The molecule has 58 valence electrons. The van der Waals surface area contributed by atoms with E-state index in [0.717, 1.165) is 0 Å². The second-order valence-corrected chi connectivity index (χ2v) is 1.88. The zero-order valence-electron chi connectivity index (χ0n) is 5.72. The number of Topliss-reactive ketones (excluding diaryl/α,β-unsaturated/α-hetero) is 2. The minimum Gasteiger partial charge on any atom is -0.373 e. The minimum absolute atomic E-state index is 0.151. The Bertz CT molecular complexity index is 133. The predicted octanol–water partition coefficient (Wildman–Crippen LogP) is 0.400. The highest BCUT2D eigenvalue weighted by molar-refractivity contribution is 6.47. The number of halogens is 1. The average molecular weight is 165 g/mol. The lowest BCUT2D eigenvalue weighted by atomic mass is 10.3. The SMILES string of the molecule is CCOCC(=O)C(=O)CCl. The molecular weight excluding hydrogens is 156 g/mol. The lowest BCUT2D eigenvalue weighted by Gasteiger charge is -1.95. The number of hydrogen-bond donors (Lipinski definition) is 0. The van der Waals surface area contributed by atoms with Gasteiger partial charge in [0.2, 0.25) is 11.6 Å². The Morgan fingerprint density at radius 1 is 1.40 bits per heavy atom. The summed E-state index contributed by atoms with van der Waals surface area (Å²) in [6.45, 7) is 2.03. The van der Waals surface area contributed by atoms with Crippen LogP contribution in [0.25, 0.3) is 0 Å². The van der Waals surface area contributed by atoms with Gasteiger partial charge in [0, 0.05) is 6.61 Å². The zero-order chi connectivity index (χ0) is 7.98. The van der Waals surface area contributed by atoms with Crippen LogP contribution in [0.2, 0.25) is 0 Å². The Kier molecular flexibility index (Phi) is 5.16. The van der Waals surface area contributed by atoms with E-state index in [4.69, 9.17) is 11.6 Å². The number of carbonyl (C=O) groups is 2. The van der Waals surface area contributed by atoms with Crippen LogP contribution < -0.4 is 0 Å². The molecule has 0 rings (SSSR count). The molecule has 0 aliphatic heterocycles. The minimum atomic E-state index is -0.588. The molecule has 0 aromatic heterocycles. The van der Waals surface area contributed by atoms with Crippen LogP contribution in [-0.2, 0) is 14.3 Å². The van der Waals surface area contributed by atoms with Crippen LogP contribution in [0.15, 0.2) is 0 Å². The summed E-state index contributed by atoms with van der Waals surface area (Å²) in [7, 11) is 0. The van der Waals surface area contributed by atoms with Crippen molar-refractivity contribution in [3.05, 3.63) is 0 Å². The molecule has 0 saturated heterocycles. The molecule has 10 heavy (non-hydrogen) atoms. The second kappa shape index (κ2) is 5.38. The predicted molar refractivity (Wildman–Crippen MR) is 37.2 cm³/mol. The topological polar surface area (TPSA) is 43.4 Å². The number of hydrogen-bond acceptors (Lipinski definition) is 3. The molecule has 0 aromatic rings. The van der Waals surface area contributed by atoms with Crippen molar-refractivity contribution in [3.8, 4) is 0 Å². The van der Waals surface area contributed by atoms with Gasteiger partial charge in [0.15, 0.2) is 0 Å². The zero-order valence-corrected chi connectivity index (χ0v) is 6.48. The van der Waals surface area contributed by atoms with Crippen molar-refractivity contribution in [2.75, 3.05) is 19.1 Å². The van der Waals surface area contributed by atoms with Crippen molar-refractivity contribution >= 4 is 23.2 Å². The van der Waals surface area contributed by atoms with Gasteiger partial charge in [0.25, 0.3) is 0 Å². The summed E-state index contributed by atoms with van der Waals surface area (Å²) in [5.74, 6) is -1.40. The van der Waals surface area contributed by atoms with E-state index < -0.39 is 11.6 Å². The molecule has 0 unspecified atom stereocenters. The van der Waals surface area contributed by atoms with Gasteiger partial charge in [-0.25, -0.2) is 0 Å². The summed E-state index contributed by atoms with van der Waals surface area (Å²) < 4.78 is 4.69. The van der Waals surface area contributed by atoms with Crippen LogP contribution >= 0.6 is 11.6 Å². The van der Waals surface area contributed by atoms with Gasteiger partial charge < -0.3 is 4.74 Å². The molecule has 0 aliphatic rings. The van der Waals surface area contributed by atoms with Crippen LogP contribution in [0.5, 0.6) is 0 Å². The number of carbonyl (C=O) groups excluding carboxylic acids is 2. The third-order valence-corrected chi connectivity index (χ3v) is 1.11. The first-order valence-corrected chi connectivity index (χ1v) is 3.45. The fourth-order valence-electron chi connectivity index (χ4n) is 0.350. The van der Waals surface area contributed by atoms with Gasteiger partial charge in [-0.1, -0.05) is 0 Å². The van der Waals surface area contributed by atoms with Crippen LogP contribution in [0, 0.1) is 0 Å². The summed E-state index contributed by atoms with van der Waals surface area (Å²) in [4.78, 5) is 21.0. The molecule has 4 heteroatoms. The van der Waals surface area contributed by atoms with Crippen LogP contribution in [0.4, 0.5) is 0 Å². The first kappa shape index (κ1) is 9.59. The molecule has 0 spiro atoms. The van der Waals surface area contributed by atoms with Crippen molar-refractivity contribution in [3.63, 3.8) is 0 Å². The average Bonchev–Trinajstić information content (AvgIpc) is 1.98. The number of rotatable bonds is 5. The Labute approximate surface area is 64.3 Å². The van der Waals surface area contributed by atoms with E-state index in [1.54, 1.807) is 6.92 Å². The number of alkyl halides is 1. The monoisotopic (exact) mass is 164 g/mol. The summed E-state index contributed by atoms with van der Waals surface area (Å²) in [6.07, 6.45) is 0. The van der Waals surface area contributed by atoms with Crippen molar-refractivity contribution in [2.45, 2.75) is 6.92 Å². The molecule has 0 heterocycles. The molecule has 0 bridgehead atoms. The first-order chi connectivity index (χ1) is 4.72. The van der Waals surface area contributed by atoms with Gasteiger partial charge >= 0.3 is 0 Å². The summed E-state index contributed by atoms with van der Waals surface area (Å²) in [5, 5.41) is 0. The highest BCUT2D eigenvalue weighted by Gasteiger charge is 2.10. The van der Waals surface area contributed by atoms with Crippen LogP contribution in [-0.4, -0.2) is 30.7 Å². The molecule has 0 radical (unpaired) electrons. The van der Waals surface area contributed by atoms with Gasteiger partial charge in [0.05, 0.1) is 5.88 Å². The van der Waals surface area contributed by atoms with Gasteiger partial charge in [0.1, 0.15) is 6.61 Å². The largest absolute Gasteiger partial charge is 0.373 e. The van der Waals surface area contributed by atoms with Crippen molar-refractivity contribution in [1.82, 2.24) is 0 Å². The first-order valence-electron chi connectivity index (χ1n) is 2.92. The fourth-order valence-corrected chi connectivity index (χ4v) is 0.499. The smallest absolute Gasteiger partial charge is 0.225 e. The van der Waals surface area contributed by atoms with Gasteiger partial charge in [-0.05, 0) is 6.92 Å². The lowest BCUT2D eigenvalue weighted by molar-refractivity contribution is -0.137. The maximum Gasteiger partial charge on any atom is 0.225 e. The molecule has 0 amide bonds. The van der Waals surface area contributed by atoms with E-state index in [1.807, 2.05) is 0 Å².